The summed E-state index contributed by atoms with van der Waals surface area (Å²) >= 11 is 0. The third kappa shape index (κ3) is 3.18. The van der Waals surface area contributed by atoms with Gasteiger partial charge in [0.25, 0.3) is 5.91 Å². The fourth-order valence-corrected chi connectivity index (χ4v) is 3.60. The summed E-state index contributed by atoms with van der Waals surface area (Å²) in [6, 6.07) is 2.62. The zero-order valence-electron chi connectivity index (χ0n) is 16.2. The topological polar surface area (TPSA) is 81.8 Å². The summed E-state index contributed by atoms with van der Waals surface area (Å²) in [6.07, 6.45) is 3.17. The number of carbonyl (C=O) groups is 3. The van der Waals surface area contributed by atoms with E-state index in [1.807, 2.05) is 0 Å². The highest BCUT2D eigenvalue weighted by Gasteiger charge is 2.41. The first-order valence-corrected chi connectivity index (χ1v) is 8.94. The Balaban J connectivity index is 1.97. The normalized spacial score (nSPS) is 14.7. The molecule has 27 heavy (non-hydrogen) atoms. The second-order valence-electron chi connectivity index (χ2n) is 6.95. The van der Waals surface area contributed by atoms with E-state index in [-0.39, 0.29) is 23.5 Å². The van der Waals surface area contributed by atoms with E-state index < -0.39 is 12.0 Å². The van der Waals surface area contributed by atoms with E-state index in [0.29, 0.717) is 22.5 Å². The van der Waals surface area contributed by atoms with Gasteiger partial charge in [0.1, 0.15) is 5.69 Å². The van der Waals surface area contributed by atoms with Crippen LogP contribution in [0.1, 0.15) is 62.4 Å². The van der Waals surface area contributed by atoms with Crippen molar-refractivity contribution in [2.45, 2.75) is 45.7 Å². The average Bonchev–Trinajstić information content (AvgIpc) is 3.26. The van der Waals surface area contributed by atoms with Crippen LogP contribution in [0.5, 0.6) is 0 Å². The summed E-state index contributed by atoms with van der Waals surface area (Å²) in [4.78, 5) is 39.9. The van der Waals surface area contributed by atoms with E-state index in [9.17, 15) is 14.4 Å². The lowest BCUT2D eigenvalue weighted by atomic mass is 9.99. The van der Waals surface area contributed by atoms with Gasteiger partial charge in [-0.1, -0.05) is 0 Å². The molecule has 144 valence electrons. The Labute approximate surface area is 157 Å². The molecule has 1 amide bonds. The zero-order chi connectivity index (χ0) is 19.9. The number of esters is 1. The van der Waals surface area contributed by atoms with Crippen LogP contribution < -0.4 is 0 Å². The standard InChI is InChI=1S/C20H24N2O5/c1-11-16(12(2)21(4)17(11)20(25)26-5)18(23)13(3)22(14-8-9-14)19(24)15-7-6-10-27-15/h6-7,10,13-14H,8-9H2,1-5H3/t13-/m1/s1. The molecule has 3 rings (SSSR count). The van der Waals surface area contributed by atoms with Gasteiger partial charge in [-0.25, -0.2) is 4.79 Å². The molecule has 2 aromatic rings. The van der Waals surface area contributed by atoms with Crippen molar-refractivity contribution in [2.75, 3.05) is 7.11 Å². The zero-order valence-corrected chi connectivity index (χ0v) is 16.2. The summed E-state index contributed by atoms with van der Waals surface area (Å²) in [6.45, 7) is 5.25. The van der Waals surface area contributed by atoms with E-state index in [2.05, 4.69) is 0 Å². The summed E-state index contributed by atoms with van der Waals surface area (Å²) in [7, 11) is 3.04. The average molecular weight is 372 g/mol. The van der Waals surface area contributed by atoms with Gasteiger partial charge in [0.2, 0.25) is 0 Å². The number of aromatic nitrogens is 1. The largest absolute Gasteiger partial charge is 0.464 e. The number of furan rings is 1. The molecule has 1 atom stereocenters. The van der Waals surface area contributed by atoms with E-state index in [0.717, 1.165) is 12.8 Å². The Morgan fingerprint density at radius 2 is 1.96 bits per heavy atom. The molecule has 1 saturated carbocycles. The number of ketones is 1. The van der Waals surface area contributed by atoms with Crippen molar-refractivity contribution < 1.29 is 23.5 Å². The van der Waals surface area contributed by atoms with Crippen LogP contribution in [0.15, 0.2) is 22.8 Å². The van der Waals surface area contributed by atoms with Gasteiger partial charge in [-0.15, -0.1) is 0 Å². The van der Waals surface area contributed by atoms with Crippen molar-refractivity contribution in [3.63, 3.8) is 0 Å². The van der Waals surface area contributed by atoms with Crippen LogP contribution >= 0.6 is 0 Å². The molecule has 0 unspecified atom stereocenters. The lowest BCUT2D eigenvalue weighted by Crippen LogP contribution is -2.45. The van der Waals surface area contributed by atoms with Crippen molar-refractivity contribution in [2.24, 2.45) is 7.05 Å². The maximum absolute atomic E-state index is 13.3. The van der Waals surface area contributed by atoms with Crippen LogP contribution in [0.3, 0.4) is 0 Å². The quantitative estimate of drug-likeness (QED) is 0.575. The number of hydrogen-bond acceptors (Lipinski definition) is 5. The van der Waals surface area contributed by atoms with Crippen molar-refractivity contribution >= 4 is 17.7 Å². The van der Waals surface area contributed by atoms with Gasteiger partial charge in [-0.2, -0.15) is 0 Å². The van der Waals surface area contributed by atoms with Crippen LogP contribution in [-0.2, 0) is 11.8 Å². The second-order valence-corrected chi connectivity index (χ2v) is 6.95. The number of amides is 1. The Morgan fingerprint density at radius 3 is 2.48 bits per heavy atom. The lowest BCUT2D eigenvalue weighted by Gasteiger charge is -2.28. The number of hydrogen-bond donors (Lipinski definition) is 0. The first-order chi connectivity index (χ1) is 12.8. The predicted octanol–water partition coefficient (Wildman–Crippen LogP) is 2.90. The number of methoxy groups -OCH3 is 1. The van der Waals surface area contributed by atoms with Gasteiger partial charge in [0.15, 0.2) is 11.5 Å². The van der Waals surface area contributed by atoms with Crippen LogP contribution in [0, 0.1) is 13.8 Å². The monoisotopic (exact) mass is 372 g/mol. The molecule has 1 fully saturated rings. The molecule has 0 aromatic carbocycles. The number of Topliss-reactive ketones (excluding diaryl/α,β-unsaturated/α-hetero) is 1. The lowest BCUT2D eigenvalue weighted by molar-refractivity contribution is 0.0581. The molecule has 0 radical (unpaired) electrons. The van der Waals surface area contributed by atoms with Gasteiger partial charge < -0.3 is 18.6 Å². The van der Waals surface area contributed by atoms with Gasteiger partial charge in [-0.05, 0) is 51.3 Å². The fourth-order valence-electron chi connectivity index (χ4n) is 3.60. The van der Waals surface area contributed by atoms with Crippen LogP contribution in [0.4, 0.5) is 0 Å². The third-order valence-electron chi connectivity index (χ3n) is 5.26. The molecule has 0 spiro atoms. The van der Waals surface area contributed by atoms with Crippen LogP contribution in [0.25, 0.3) is 0 Å². The number of carbonyl (C=O) groups excluding carboxylic acids is 3. The van der Waals surface area contributed by atoms with Crippen molar-refractivity contribution in [3.05, 3.63) is 46.7 Å². The highest BCUT2D eigenvalue weighted by atomic mass is 16.5. The number of ether oxygens (including phenoxy) is 1. The summed E-state index contributed by atoms with van der Waals surface area (Å²) in [5.74, 6) is -0.751. The van der Waals surface area contributed by atoms with E-state index in [4.69, 9.17) is 9.15 Å². The first kappa shape index (κ1) is 18.9. The molecule has 0 saturated heterocycles. The minimum Gasteiger partial charge on any atom is -0.464 e. The third-order valence-corrected chi connectivity index (χ3v) is 5.26. The van der Waals surface area contributed by atoms with Crippen LogP contribution in [-0.4, -0.2) is 46.3 Å². The smallest absolute Gasteiger partial charge is 0.354 e. The van der Waals surface area contributed by atoms with Gasteiger partial charge in [-0.3, -0.25) is 9.59 Å². The maximum Gasteiger partial charge on any atom is 0.354 e. The van der Waals surface area contributed by atoms with Gasteiger partial charge >= 0.3 is 5.97 Å². The molecule has 2 aromatic heterocycles. The maximum atomic E-state index is 13.3. The summed E-state index contributed by atoms with van der Waals surface area (Å²) in [5, 5.41) is 0. The highest BCUT2D eigenvalue weighted by molar-refractivity contribution is 6.07. The minimum absolute atomic E-state index is 0.0333. The highest BCUT2D eigenvalue weighted by Crippen LogP contribution is 2.32. The summed E-state index contributed by atoms with van der Waals surface area (Å²) in [5.41, 5.74) is 2.05. The van der Waals surface area contributed by atoms with E-state index in [1.165, 1.54) is 13.4 Å². The molecule has 0 bridgehead atoms. The van der Waals surface area contributed by atoms with Crippen molar-refractivity contribution in [1.29, 1.82) is 0 Å². The number of rotatable bonds is 6. The predicted molar refractivity (Wildman–Crippen MR) is 97.9 cm³/mol. The van der Waals surface area contributed by atoms with Crippen molar-refractivity contribution in [3.8, 4) is 0 Å². The van der Waals surface area contributed by atoms with E-state index >= 15 is 0 Å². The SMILES string of the molecule is COC(=O)c1c(C)c(C(=O)[C@@H](C)N(C(=O)c2ccco2)C2CC2)c(C)n1C. The molecular formula is C20H24N2O5. The fraction of sp³-hybridized carbons (Fsp3) is 0.450. The minimum atomic E-state index is -0.666. The van der Waals surface area contributed by atoms with Crippen molar-refractivity contribution in [1.82, 2.24) is 9.47 Å². The van der Waals surface area contributed by atoms with E-state index in [1.54, 1.807) is 49.4 Å². The summed E-state index contributed by atoms with van der Waals surface area (Å²) < 4.78 is 11.7. The molecule has 0 aliphatic heterocycles. The molecule has 7 nitrogen and oxygen atoms in total. The van der Waals surface area contributed by atoms with Crippen LogP contribution in [0.2, 0.25) is 0 Å². The first-order valence-electron chi connectivity index (χ1n) is 8.94. The Morgan fingerprint density at radius 1 is 1.30 bits per heavy atom. The Bertz CT molecular complexity index is 890. The molecule has 2 heterocycles. The number of nitrogens with zero attached hydrogens (tertiary/aromatic N) is 2. The second kappa shape index (κ2) is 7.06. The molecule has 1 aliphatic carbocycles. The molecular weight excluding hydrogens is 348 g/mol. The molecule has 7 heteroatoms. The van der Waals surface area contributed by atoms with Gasteiger partial charge in [0, 0.05) is 24.3 Å². The Hall–Kier alpha value is -2.83. The molecule has 0 N–H and O–H groups in total. The molecule has 1 aliphatic rings. The Kier molecular flexibility index (Phi) is 4.95. The van der Waals surface area contributed by atoms with Gasteiger partial charge in [0.05, 0.1) is 19.4 Å².